The molecule has 0 saturated heterocycles. The van der Waals surface area contributed by atoms with Gasteiger partial charge in [0.25, 0.3) is 0 Å². The second kappa shape index (κ2) is 5.25. The summed E-state index contributed by atoms with van der Waals surface area (Å²) in [5.41, 5.74) is 6.28. The summed E-state index contributed by atoms with van der Waals surface area (Å²) in [4.78, 5) is 6.85. The molecule has 4 heteroatoms. The maximum atomic E-state index is 5.91. The van der Waals surface area contributed by atoms with Crippen molar-refractivity contribution in [2.45, 2.75) is 44.6 Å². The Labute approximate surface area is 105 Å². The first-order valence-corrected chi connectivity index (χ1v) is 6.81. The van der Waals surface area contributed by atoms with Crippen LogP contribution >= 0.6 is 0 Å². The number of hydrogen-bond acceptors (Lipinski definition) is 2. The third-order valence-electron chi connectivity index (χ3n) is 3.83. The summed E-state index contributed by atoms with van der Waals surface area (Å²) in [5, 5.41) is 3.26. The largest absolute Gasteiger partial charge is 0.370 e. The number of nitrogens with zero attached hydrogens (tertiary/aromatic N) is 2. The smallest absolute Gasteiger partial charge is 0.188 e. The molecule has 4 nitrogen and oxygen atoms in total. The van der Waals surface area contributed by atoms with Gasteiger partial charge >= 0.3 is 0 Å². The Kier molecular flexibility index (Phi) is 3.92. The van der Waals surface area contributed by atoms with Crippen molar-refractivity contribution >= 4 is 5.96 Å². The van der Waals surface area contributed by atoms with Gasteiger partial charge < -0.3 is 16.0 Å². The van der Waals surface area contributed by atoms with E-state index >= 15 is 0 Å². The third-order valence-corrected chi connectivity index (χ3v) is 3.83. The number of nitrogens with one attached hydrogen (secondary N) is 1. The van der Waals surface area contributed by atoms with Crippen LogP contribution in [0.3, 0.4) is 0 Å². The lowest BCUT2D eigenvalue weighted by Crippen LogP contribution is -2.37. The molecule has 2 rings (SSSR count). The van der Waals surface area contributed by atoms with E-state index in [1.165, 1.54) is 38.5 Å². The highest BCUT2D eigenvalue weighted by molar-refractivity contribution is 5.78. The van der Waals surface area contributed by atoms with Gasteiger partial charge in [-0.2, -0.15) is 0 Å². The van der Waals surface area contributed by atoms with Crippen molar-refractivity contribution < 1.29 is 0 Å². The molecule has 2 saturated carbocycles. The van der Waals surface area contributed by atoms with Crippen LogP contribution in [0.1, 0.15) is 38.5 Å². The normalized spacial score (nSPS) is 24.3. The maximum Gasteiger partial charge on any atom is 0.188 e. The van der Waals surface area contributed by atoms with Crippen LogP contribution in [0.2, 0.25) is 0 Å². The predicted octanol–water partition coefficient (Wildman–Crippen LogP) is 1.18. The summed E-state index contributed by atoms with van der Waals surface area (Å²) in [5.74, 6) is 0.650. The monoisotopic (exact) mass is 238 g/mol. The lowest BCUT2D eigenvalue weighted by molar-refractivity contribution is 0.210. The summed E-state index contributed by atoms with van der Waals surface area (Å²) < 4.78 is 0. The minimum atomic E-state index is 0.374. The number of aliphatic imine (C=N–C) groups is 1. The second-order valence-electron chi connectivity index (χ2n) is 6.06. The number of guanidine groups is 1. The maximum absolute atomic E-state index is 5.91. The Morgan fingerprint density at radius 1 is 1.35 bits per heavy atom. The van der Waals surface area contributed by atoms with E-state index in [1.54, 1.807) is 0 Å². The van der Waals surface area contributed by atoms with E-state index in [0.717, 1.165) is 13.1 Å². The molecule has 0 amide bonds. The fourth-order valence-electron chi connectivity index (χ4n) is 2.90. The minimum Gasteiger partial charge on any atom is -0.370 e. The molecule has 2 fully saturated rings. The summed E-state index contributed by atoms with van der Waals surface area (Å²) >= 11 is 0. The van der Waals surface area contributed by atoms with Gasteiger partial charge in [0.2, 0.25) is 0 Å². The molecule has 0 radical (unpaired) electrons. The first kappa shape index (κ1) is 12.7. The molecule has 0 aliphatic heterocycles. The first-order chi connectivity index (χ1) is 8.10. The van der Waals surface area contributed by atoms with Gasteiger partial charge in [0, 0.05) is 24.5 Å². The van der Waals surface area contributed by atoms with Crippen molar-refractivity contribution in [3.05, 3.63) is 0 Å². The Morgan fingerprint density at radius 3 is 2.53 bits per heavy atom. The number of rotatable bonds is 5. The molecule has 0 unspecified atom stereocenters. The van der Waals surface area contributed by atoms with Crippen LogP contribution in [-0.4, -0.2) is 44.1 Å². The van der Waals surface area contributed by atoms with Gasteiger partial charge in [-0.3, -0.25) is 4.99 Å². The molecule has 0 aromatic rings. The molecule has 2 aliphatic carbocycles. The van der Waals surface area contributed by atoms with Gasteiger partial charge in [0.05, 0.1) is 0 Å². The van der Waals surface area contributed by atoms with E-state index in [9.17, 15) is 0 Å². The van der Waals surface area contributed by atoms with Crippen molar-refractivity contribution in [1.29, 1.82) is 0 Å². The molecule has 0 spiro atoms. The van der Waals surface area contributed by atoms with Crippen LogP contribution in [0.15, 0.2) is 4.99 Å². The van der Waals surface area contributed by atoms with Crippen LogP contribution < -0.4 is 11.1 Å². The summed E-state index contributed by atoms with van der Waals surface area (Å²) in [6, 6.07) is 0.604. The fraction of sp³-hybridized carbons (Fsp3) is 0.923. The molecule has 0 atom stereocenters. The summed E-state index contributed by atoms with van der Waals surface area (Å²) in [7, 11) is 4.30. The van der Waals surface area contributed by atoms with Crippen LogP contribution in [-0.2, 0) is 0 Å². The average Bonchev–Trinajstić information content (AvgIpc) is 2.94. The Hall–Kier alpha value is -0.770. The molecule has 3 N–H and O–H groups in total. The lowest BCUT2D eigenvalue weighted by atomic mass is 9.86. The van der Waals surface area contributed by atoms with Crippen LogP contribution in [0, 0.1) is 5.41 Å². The van der Waals surface area contributed by atoms with E-state index in [-0.39, 0.29) is 0 Å². The topological polar surface area (TPSA) is 53.6 Å². The molecular formula is C13H26N4. The van der Waals surface area contributed by atoms with Crippen LogP contribution in [0.5, 0.6) is 0 Å². The minimum absolute atomic E-state index is 0.374. The van der Waals surface area contributed by atoms with E-state index in [2.05, 4.69) is 29.3 Å². The highest BCUT2D eigenvalue weighted by atomic mass is 15.1. The zero-order chi connectivity index (χ0) is 12.3. The molecule has 17 heavy (non-hydrogen) atoms. The first-order valence-electron chi connectivity index (χ1n) is 6.81. The van der Waals surface area contributed by atoms with Crippen molar-refractivity contribution in [3.8, 4) is 0 Å². The molecular weight excluding hydrogens is 212 g/mol. The van der Waals surface area contributed by atoms with E-state index in [0.29, 0.717) is 17.4 Å². The summed E-state index contributed by atoms with van der Waals surface area (Å²) in [6.45, 7) is 2.02. The van der Waals surface area contributed by atoms with E-state index in [4.69, 9.17) is 5.73 Å². The Morgan fingerprint density at radius 2 is 2.00 bits per heavy atom. The van der Waals surface area contributed by atoms with Crippen molar-refractivity contribution in [2.24, 2.45) is 16.1 Å². The molecule has 0 aromatic carbocycles. The molecule has 0 heterocycles. The Balaban J connectivity index is 1.87. The van der Waals surface area contributed by atoms with Gasteiger partial charge in [0.15, 0.2) is 5.96 Å². The predicted molar refractivity (Wildman–Crippen MR) is 72.1 cm³/mol. The number of hydrogen-bond donors (Lipinski definition) is 2. The summed E-state index contributed by atoms with van der Waals surface area (Å²) in [6.07, 6.45) is 7.79. The van der Waals surface area contributed by atoms with Gasteiger partial charge in [0.1, 0.15) is 0 Å². The standard InChI is InChI=1S/C13H26N4/c1-17(2)10-13(7-3-4-8-13)9-15-12(14)16-11-5-6-11/h11H,3-10H2,1-2H3,(H3,14,15,16). The highest BCUT2D eigenvalue weighted by Crippen LogP contribution is 2.38. The fourth-order valence-corrected chi connectivity index (χ4v) is 2.90. The van der Waals surface area contributed by atoms with Crippen molar-refractivity contribution in [2.75, 3.05) is 27.2 Å². The molecule has 2 aliphatic rings. The third kappa shape index (κ3) is 3.87. The quantitative estimate of drug-likeness (QED) is 0.558. The van der Waals surface area contributed by atoms with Crippen LogP contribution in [0.25, 0.3) is 0 Å². The SMILES string of the molecule is CN(C)CC1(CN=C(N)NC2CC2)CCCC1. The van der Waals surface area contributed by atoms with Crippen molar-refractivity contribution in [1.82, 2.24) is 10.2 Å². The van der Waals surface area contributed by atoms with Gasteiger partial charge in [-0.25, -0.2) is 0 Å². The lowest BCUT2D eigenvalue weighted by Gasteiger charge is -2.30. The molecule has 0 bridgehead atoms. The van der Waals surface area contributed by atoms with E-state index < -0.39 is 0 Å². The highest BCUT2D eigenvalue weighted by Gasteiger charge is 2.34. The van der Waals surface area contributed by atoms with Gasteiger partial charge in [-0.1, -0.05) is 12.8 Å². The zero-order valence-electron chi connectivity index (χ0n) is 11.2. The van der Waals surface area contributed by atoms with Gasteiger partial charge in [-0.15, -0.1) is 0 Å². The average molecular weight is 238 g/mol. The van der Waals surface area contributed by atoms with Gasteiger partial charge in [-0.05, 0) is 39.8 Å². The zero-order valence-corrected chi connectivity index (χ0v) is 11.2. The Bertz CT molecular complexity index is 275. The van der Waals surface area contributed by atoms with E-state index in [1.807, 2.05) is 0 Å². The number of nitrogens with two attached hydrogens (primary N) is 1. The van der Waals surface area contributed by atoms with Crippen molar-refractivity contribution in [3.63, 3.8) is 0 Å². The molecule has 0 aromatic heterocycles. The van der Waals surface area contributed by atoms with Crippen LogP contribution in [0.4, 0.5) is 0 Å². The second-order valence-corrected chi connectivity index (χ2v) is 6.06. The molecule has 98 valence electrons.